The molecular formula is C19H24S. The molecule has 1 atom stereocenters. The highest BCUT2D eigenvalue weighted by Crippen LogP contribution is 2.43. The largest absolute Gasteiger partial charge is 0.121 e. The van der Waals surface area contributed by atoms with Gasteiger partial charge in [-0.05, 0) is 28.7 Å². The van der Waals surface area contributed by atoms with Crippen LogP contribution in [0.15, 0.2) is 53.4 Å². The summed E-state index contributed by atoms with van der Waals surface area (Å²) in [4.78, 5) is 1.45. The van der Waals surface area contributed by atoms with Crippen LogP contribution in [0.2, 0.25) is 0 Å². The Hall–Kier alpha value is -1.21. The minimum Gasteiger partial charge on any atom is -0.121 e. The van der Waals surface area contributed by atoms with Gasteiger partial charge in [0, 0.05) is 16.6 Å². The van der Waals surface area contributed by atoms with Crippen molar-refractivity contribution in [1.82, 2.24) is 0 Å². The highest BCUT2D eigenvalue weighted by atomic mass is 32.2. The Kier molecular flexibility index (Phi) is 5.31. The Morgan fingerprint density at radius 3 is 2.20 bits per heavy atom. The first-order valence-electron chi connectivity index (χ1n) is 7.57. The summed E-state index contributed by atoms with van der Waals surface area (Å²) in [6, 6.07) is 17.8. The van der Waals surface area contributed by atoms with Crippen molar-refractivity contribution in [3.8, 4) is 0 Å². The summed E-state index contributed by atoms with van der Waals surface area (Å²) in [5, 5.41) is 0. The first kappa shape index (κ1) is 15.2. The second-order valence-electron chi connectivity index (χ2n) is 5.25. The van der Waals surface area contributed by atoms with E-state index >= 15 is 0 Å². The Morgan fingerprint density at radius 1 is 0.900 bits per heavy atom. The zero-order valence-corrected chi connectivity index (χ0v) is 13.7. The maximum atomic E-state index is 2.33. The van der Waals surface area contributed by atoms with E-state index in [0.29, 0.717) is 11.8 Å². The van der Waals surface area contributed by atoms with Crippen LogP contribution in [-0.4, -0.2) is 0 Å². The topological polar surface area (TPSA) is 0 Å². The molecule has 0 aromatic heterocycles. The Bertz CT molecular complexity index is 510. The molecule has 0 amide bonds. The molecule has 2 aromatic carbocycles. The van der Waals surface area contributed by atoms with Crippen molar-refractivity contribution < 1.29 is 0 Å². The van der Waals surface area contributed by atoms with E-state index in [4.69, 9.17) is 0 Å². The fraction of sp³-hybridized carbons (Fsp3) is 0.368. The molecule has 3 rings (SSSR count). The van der Waals surface area contributed by atoms with Crippen LogP contribution in [0.5, 0.6) is 0 Å². The van der Waals surface area contributed by atoms with E-state index < -0.39 is 0 Å². The summed E-state index contributed by atoms with van der Waals surface area (Å²) >= 11 is 1.97. The standard InChI is InChI=1S/C17H18S.C2H6/c1-12(2)17-14-8-4-3-7-13(14)11-18-16-10-6-5-9-15(16)17;1-2/h3-10,12,17H,11H2,1-2H3;1-2H3. The van der Waals surface area contributed by atoms with Crippen molar-refractivity contribution in [2.45, 2.75) is 44.3 Å². The molecule has 0 aliphatic carbocycles. The summed E-state index contributed by atoms with van der Waals surface area (Å²) in [5.41, 5.74) is 4.52. The van der Waals surface area contributed by atoms with Crippen LogP contribution >= 0.6 is 11.8 Å². The normalized spacial score (nSPS) is 16.6. The van der Waals surface area contributed by atoms with Crippen LogP contribution in [0.25, 0.3) is 0 Å². The molecule has 106 valence electrons. The lowest BCUT2D eigenvalue weighted by atomic mass is 9.81. The third-order valence-electron chi connectivity index (χ3n) is 3.69. The van der Waals surface area contributed by atoms with Gasteiger partial charge in [-0.1, -0.05) is 70.2 Å². The van der Waals surface area contributed by atoms with E-state index in [1.165, 1.54) is 21.6 Å². The van der Waals surface area contributed by atoms with Crippen LogP contribution in [0.1, 0.15) is 50.3 Å². The van der Waals surface area contributed by atoms with Gasteiger partial charge in [-0.25, -0.2) is 0 Å². The zero-order valence-electron chi connectivity index (χ0n) is 12.9. The molecule has 0 nitrogen and oxygen atoms in total. The zero-order chi connectivity index (χ0) is 14.5. The summed E-state index contributed by atoms with van der Waals surface area (Å²) < 4.78 is 0. The third-order valence-corrected chi connectivity index (χ3v) is 4.83. The van der Waals surface area contributed by atoms with E-state index in [1.54, 1.807) is 0 Å². The quantitative estimate of drug-likeness (QED) is 0.609. The fourth-order valence-electron chi connectivity index (χ4n) is 2.88. The molecule has 0 fully saturated rings. The van der Waals surface area contributed by atoms with Crippen LogP contribution in [-0.2, 0) is 5.75 Å². The van der Waals surface area contributed by atoms with Gasteiger partial charge < -0.3 is 0 Å². The van der Waals surface area contributed by atoms with Crippen LogP contribution in [0, 0.1) is 5.92 Å². The average Bonchev–Trinajstić information content (AvgIpc) is 2.66. The molecule has 1 aliphatic rings. The van der Waals surface area contributed by atoms with Crippen LogP contribution in [0.3, 0.4) is 0 Å². The van der Waals surface area contributed by atoms with Gasteiger partial charge in [-0.15, -0.1) is 11.8 Å². The molecule has 0 saturated carbocycles. The molecule has 2 aromatic rings. The lowest BCUT2D eigenvalue weighted by molar-refractivity contribution is 0.556. The van der Waals surface area contributed by atoms with E-state index in [9.17, 15) is 0 Å². The Balaban J connectivity index is 0.000000704. The summed E-state index contributed by atoms with van der Waals surface area (Å²) in [6.07, 6.45) is 0. The number of hydrogen-bond donors (Lipinski definition) is 0. The minimum atomic E-state index is 0.535. The van der Waals surface area contributed by atoms with Gasteiger partial charge >= 0.3 is 0 Å². The highest BCUT2D eigenvalue weighted by Gasteiger charge is 2.25. The molecule has 1 aliphatic heterocycles. The number of rotatable bonds is 1. The van der Waals surface area contributed by atoms with Crippen molar-refractivity contribution in [3.05, 3.63) is 65.2 Å². The van der Waals surface area contributed by atoms with E-state index in [1.807, 2.05) is 25.6 Å². The smallest absolute Gasteiger partial charge is 0.0235 e. The minimum absolute atomic E-state index is 0.535. The first-order valence-corrected chi connectivity index (χ1v) is 8.55. The molecule has 0 saturated heterocycles. The van der Waals surface area contributed by atoms with Crippen molar-refractivity contribution in [1.29, 1.82) is 0 Å². The monoisotopic (exact) mass is 284 g/mol. The Labute approximate surface area is 127 Å². The number of benzene rings is 2. The van der Waals surface area contributed by atoms with Gasteiger partial charge in [0.1, 0.15) is 0 Å². The number of hydrogen-bond acceptors (Lipinski definition) is 1. The van der Waals surface area contributed by atoms with Crippen molar-refractivity contribution >= 4 is 11.8 Å². The van der Waals surface area contributed by atoms with Crippen molar-refractivity contribution in [3.63, 3.8) is 0 Å². The molecule has 0 N–H and O–H groups in total. The second kappa shape index (κ2) is 6.99. The summed E-state index contributed by atoms with van der Waals surface area (Å²) in [6.45, 7) is 8.66. The van der Waals surface area contributed by atoms with Gasteiger partial charge in [0.15, 0.2) is 0 Å². The predicted molar refractivity (Wildman–Crippen MR) is 90.5 cm³/mol. The van der Waals surface area contributed by atoms with Crippen molar-refractivity contribution in [2.75, 3.05) is 0 Å². The molecular weight excluding hydrogens is 260 g/mol. The van der Waals surface area contributed by atoms with Crippen molar-refractivity contribution in [2.24, 2.45) is 5.92 Å². The lowest BCUT2D eigenvalue weighted by Crippen LogP contribution is -2.10. The predicted octanol–water partition coefficient (Wildman–Crippen LogP) is 6.11. The van der Waals surface area contributed by atoms with Gasteiger partial charge in [-0.3, -0.25) is 0 Å². The van der Waals surface area contributed by atoms with Gasteiger partial charge in [0.25, 0.3) is 0 Å². The van der Waals surface area contributed by atoms with Crippen LogP contribution in [0.4, 0.5) is 0 Å². The molecule has 1 heterocycles. The maximum Gasteiger partial charge on any atom is 0.0235 e. The molecule has 0 spiro atoms. The molecule has 20 heavy (non-hydrogen) atoms. The van der Waals surface area contributed by atoms with E-state index in [0.717, 1.165) is 5.75 Å². The average molecular weight is 284 g/mol. The molecule has 1 unspecified atom stereocenters. The fourth-order valence-corrected chi connectivity index (χ4v) is 3.99. The second-order valence-corrected chi connectivity index (χ2v) is 6.26. The summed E-state index contributed by atoms with van der Waals surface area (Å²) in [5.74, 6) is 2.26. The lowest BCUT2D eigenvalue weighted by Gasteiger charge is -2.23. The van der Waals surface area contributed by atoms with E-state index in [-0.39, 0.29) is 0 Å². The molecule has 0 radical (unpaired) electrons. The first-order chi connectivity index (χ1) is 9.77. The van der Waals surface area contributed by atoms with Gasteiger partial charge in [0.05, 0.1) is 0 Å². The van der Waals surface area contributed by atoms with E-state index in [2.05, 4.69) is 62.4 Å². The number of fused-ring (bicyclic) bond motifs is 2. The third kappa shape index (κ3) is 2.93. The summed E-state index contributed by atoms with van der Waals surface area (Å²) in [7, 11) is 0. The Morgan fingerprint density at radius 2 is 1.50 bits per heavy atom. The molecule has 0 bridgehead atoms. The van der Waals surface area contributed by atoms with Gasteiger partial charge in [0.2, 0.25) is 0 Å². The van der Waals surface area contributed by atoms with Crippen LogP contribution < -0.4 is 0 Å². The maximum absolute atomic E-state index is 2.33. The SMILES string of the molecule is CC.CC(C)C1c2ccccc2CSc2ccccc21. The highest BCUT2D eigenvalue weighted by molar-refractivity contribution is 7.98. The number of thioether (sulfide) groups is 1. The molecule has 1 heteroatoms. The van der Waals surface area contributed by atoms with Gasteiger partial charge in [-0.2, -0.15) is 0 Å².